The van der Waals surface area contributed by atoms with Crippen LogP contribution in [-0.2, 0) is 9.47 Å². The molecule has 0 N–H and O–H groups in total. The Morgan fingerprint density at radius 2 is 2.35 bits per heavy atom. The SMILES string of the molecule is COc1ccc2nc([C@@H]3COCCO3)sc2c1. The Bertz CT molecular complexity index is 519. The van der Waals surface area contributed by atoms with Gasteiger partial charge in [-0.05, 0) is 18.2 Å². The average Bonchev–Trinajstić information content (AvgIpc) is 2.82. The molecule has 2 heterocycles. The van der Waals surface area contributed by atoms with Crippen LogP contribution in [0.15, 0.2) is 18.2 Å². The Labute approximate surface area is 103 Å². The van der Waals surface area contributed by atoms with Crippen LogP contribution in [0.2, 0.25) is 0 Å². The van der Waals surface area contributed by atoms with Crippen molar-refractivity contribution >= 4 is 21.6 Å². The van der Waals surface area contributed by atoms with Gasteiger partial charge in [-0.15, -0.1) is 11.3 Å². The number of ether oxygens (including phenoxy) is 3. The highest BCUT2D eigenvalue weighted by atomic mass is 32.1. The minimum atomic E-state index is -0.0212. The lowest BCUT2D eigenvalue weighted by Crippen LogP contribution is -2.21. The Morgan fingerprint density at radius 1 is 1.41 bits per heavy atom. The molecule has 3 rings (SSSR count). The average molecular weight is 251 g/mol. The van der Waals surface area contributed by atoms with E-state index in [1.165, 1.54) is 0 Å². The van der Waals surface area contributed by atoms with Crippen LogP contribution < -0.4 is 4.74 Å². The van der Waals surface area contributed by atoms with Crippen LogP contribution in [0.4, 0.5) is 0 Å². The lowest BCUT2D eigenvalue weighted by Gasteiger charge is -2.20. The van der Waals surface area contributed by atoms with Crippen molar-refractivity contribution in [1.82, 2.24) is 4.98 Å². The van der Waals surface area contributed by atoms with Gasteiger partial charge in [0.2, 0.25) is 0 Å². The minimum Gasteiger partial charge on any atom is -0.497 e. The molecule has 1 atom stereocenters. The molecule has 1 aromatic carbocycles. The second kappa shape index (κ2) is 4.60. The minimum absolute atomic E-state index is 0.0212. The van der Waals surface area contributed by atoms with Gasteiger partial charge in [-0.1, -0.05) is 0 Å². The number of methoxy groups -OCH3 is 1. The van der Waals surface area contributed by atoms with E-state index in [-0.39, 0.29) is 6.10 Å². The standard InChI is InChI=1S/C12H13NO3S/c1-14-8-2-3-9-11(6-8)17-12(13-9)10-7-15-4-5-16-10/h2-3,6,10H,4-5,7H2,1H3/t10-/m0/s1. The fraction of sp³-hybridized carbons (Fsp3) is 0.417. The third-order valence-electron chi connectivity index (χ3n) is 2.70. The predicted molar refractivity (Wildman–Crippen MR) is 65.7 cm³/mol. The quantitative estimate of drug-likeness (QED) is 0.821. The Kier molecular flexibility index (Phi) is 2.96. The summed E-state index contributed by atoms with van der Waals surface area (Å²) in [6.07, 6.45) is -0.0212. The number of hydrogen-bond acceptors (Lipinski definition) is 5. The number of nitrogens with zero attached hydrogens (tertiary/aromatic N) is 1. The van der Waals surface area contributed by atoms with Crippen LogP contribution in [0.3, 0.4) is 0 Å². The van der Waals surface area contributed by atoms with Crippen molar-refractivity contribution in [1.29, 1.82) is 0 Å². The van der Waals surface area contributed by atoms with Crippen LogP contribution in [0, 0.1) is 0 Å². The summed E-state index contributed by atoms with van der Waals surface area (Å²) in [6, 6.07) is 5.89. The second-order valence-corrected chi connectivity index (χ2v) is 4.88. The number of fused-ring (bicyclic) bond motifs is 1. The van der Waals surface area contributed by atoms with Crippen molar-refractivity contribution in [2.24, 2.45) is 0 Å². The molecule has 0 saturated carbocycles. The van der Waals surface area contributed by atoms with Crippen molar-refractivity contribution < 1.29 is 14.2 Å². The maximum atomic E-state index is 5.64. The molecule has 1 aliphatic heterocycles. The Balaban J connectivity index is 1.95. The van der Waals surface area contributed by atoms with E-state index in [0.717, 1.165) is 21.0 Å². The molecule has 0 spiro atoms. The summed E-state index contributed by atoms with van der Waals surface area (Å²) in [7, 11) is 1.67. The molecule has 0 amide bonds. The number of hydrogen-bond donors (Lipinski definition) is 0. The maximum Gasteiger partial charge on any atom is 0.132 e. The summed E-state index contributed by atoms with van der Waals surface area (Å²) < 4.78 is 17.4. The molecule has 1 fully saturated rings. The third-order valence-corrected chi connectivity index (χ3v) is 3.81. The molecule has 0 radical (unpaired) electrons. The van der Waals surface area contributed by atoms with Crippen molar-refractivity contribution in [3.8, 4) is 5.75 Å². The van der Waals surface area contributed by atoms with E-state index < -0.39 is 0 Å². The summed E-state index contributed by atoms with van der Waals surface area (Å²) in [6.45, 7) is 1.91. The molecular formula is C12H13NO3S. The van der Waals surface area contributed by atoms with E-state index in [9.17, 15) is 0 Å². The first kappa shape index (κ1) is 11.0. The predicted octanol–water partition coefficient (Wildman–Crippen LogP) is 2.39. The van der Waals surface area contributed by atoms with E-state index in [0.29, 0.717) is 19.8 Å². The highest BCUT2D eigenvalue weighted by molar-refractivity contribution is 7.18. The zero-order valence-corrected chi connectivity index (χ0v) is 10.3. The van der Waals surface area contributed by atoms with Crippen molar-refractivity contribution in [2.45, 2.75) is 6.10 Å². The first-order chi connectivity index (χ1) is 8.36. The van der Waals surface area contributed by atoms with E-state index in [1.54, 1.807) is 18.4 Å². The Hall–Kier alpha value is -1.17. The molecule has 5 heteroatoms. The molecule has 2 aromatic rings. The summed E-state index contributed by atoms with van der Waals surface area (Å²) >= 11 is 1.64. The van der Waals surface area contributed by atoms with Gasteiger partial charge in [-0.2, -0.15) is 0 Å². The summed E-state index contributed by atoms with van der Waals surface area (Å²) in [5.41, 5.74) is 0.986. The molecule has 17 heavy (non-hydrogen) atoms. The summed E-state index contributed by atoms with van der Waals surface area (Å²) in [4.78, 5) is 4.57. The maximum absolute atomic E-state index is 5.64. The van der Waals surface area contributed by atoms with Gasteiger partial charge in [0, 0.05) is 0 Å². The molecule has 0 bridgehead atoms. The fourth-order valence-electron chi connectivity index (χ4n) is 1.82. The number of benzene rings is 1. The topological polar surface area (TPSA) is 40.6 Å². The fourth-order valence-corrected chi connectivity index (χ4v) is 2.85. The van der Waals surface area contributed by atoms with Crippen LogP contribution in [0.25, 0.3) is 10.2 Å². The largest absolute Gasteiger partial charge is 0.497 e. The lowest BCUT2D eigenvalue weighted by molar-refractivity contribution is -0.0901. The zero-order valence-electron chi connectivity index (χ0n) is 9.51. The van der Waals surface area contributed by atoms with Gasteiger partial charge in [-0.25, -0.2) is 4.98 Å². The van der Waals surface area contributed by atoms with Gasteiger partial charge in [0.15, 0.2) is 0 Å². The lowest BCUT2D eigenvalue weighted by atomic mass is 10.3. The molecule has 0 unspecified atom stereocenters. The van der Waals surface area contributed by atoms with Crippen molar-refractivity contribution in [2.75, 3.05) is 26.9 Å². The van der Waals surface area contributed by atoms with Crippen molar-refractivity contribution in [3.05, 3.63) is 23.2 Å². The van der Waals surface area contributed by atoms with E-state index >= 15 is 0 Å². The van der Waals surface area contributed by atoms with Gasteiger partial charge in [0.05, 0.1) is 37.1 Å². The molecule has 4 nitrogen and oxygen atoms in total. The van der Waals surface area contributed by atoms with Gasteiger partial charge >= 0.3 is 0 Å². The van der Waals surface area contributed by atoms with Crippen LogP contribution in [0.5, 0.6) is 5.75 Å². The summed E-state index contributed by atoms with van der Waals surface area (Å²) in [5, 5.41) is 0.980. The summed E-state index contributed by atoms with van der Waals surface area (Å²) in [5.74, 6) is 0.855. The van der Waals surface area contributed by atoms with E-state index in [4.69, 9.17) is 14.2 Å². The first-order valence-electron chi connectivity index (χ1n) is 5.50. The van der Waals surface area contributed by atoms with E-state index in [1.807, 2.05) is 18.2 Å². The van der Waals surface area contributed by atoms with Crippen LogP contribution >= 0.6 is 11.3 Å². The highest BCUT2D eigenvalue weighted by Crippen LogP contribution is 2.31. The number of rotatable bonds is 2. The molecular weight excluding hydrogens is 238 g/mol. The monoisotopic (exact) mass is 251 g/mol. The Morgan fingerprint density at radius 3 is 3.12 bits per heavy atom. The first-order valence-corrected chi connectivity index (χ1v) is 6.32. The van der Waals surface area contributed by atoms with Gasteiger partial charge in [-0.3, -0.25) is 0 Å². The smallest absolute Gasteiger partial charge is 0.132 e. The van der Waals surface area contributed by atoms with Gasteiger partial charge in [0.1, 0.15) is 16.9 Å². The van der Waals surface area contributed by atoms with Crippen molar-refractivity contribution in [3.63, 3.8) is 0 Å². The van der Waals surface area contributed by atoms with Gasteiger partial charge < -0.3 is 14.2 Å². The molecule has 1 saturated heterocycles. The highest BCUT2D eigenvalue weighted by Gasteiger charge is 2.20. The zero-order chi connectivity index (χ0) is 11.7. The van der Waals surface area contributed by atoms with Crippen LogP contribution in [-0.4, -0.2) is 31.9 Å². The second-order valence-electron chi connectivity index (χ2n) is 3.82. The third kappa shape index (κ3) is 2.13. The molecule has 90 valence electrons. The molecule has 1 aliphatic rings. The van der Waals surface area contributed by atoms with Gasteiger partial charge in [0.25, 0.3) is 0 Å². The number of thiazole rings is 1. The molecule has 0 aliphatic carbocycles. The van der Waals surface area contributed by atoms with Crippen LogP contribution in [0.1, 0.15) is 11.1 Å². The number of aromatic nitrogens is 1. The normalized spacial score (nSPS) is 20.6. The van der Waals surface area contributed by atoms with E-state index in [2.05, 4.69) is 4.98 Å². The molecule has 1 aromatic heterocycles.